The van der Waals surface area contributed by atoms with Crippen molar-refractivity contribution in [3.05, 3.63) is 34.4 Å². The summed E-state index contributed by atoms with van der Waals surface area (Å²) in [6.45, 7) is 0. The lowest BCUT2D eigenvalue weighted by Crippen LogP contribution is -2.08. The normalized spacial score (nSPS) is 10.3. The molecule has 0 aliphatic heterocycles. The van der Waals surface area contributed by atoms with Gasteiger partial charge in [-0.2, -0.15) is 0 Å². The predicted octanol–water partition coefficient (Wildman–Crippen LogP) is 1.58. The molecule has 0 fully saturated rings. The van der Waals surface area contributed by atoms with Gasteiger partial charge in [0.25, 0.3) is 0 Å². The lowest BCUT2D eigenvalue weighted by atomic mass is 10.3. The minimum Gasteiger partial charge on any atom is -0.411 e. The van der Waals surface area contributed by atoms with Crippen LogP contribution in [0, 0.1) is 10.1 Å². The van der Waals surface area contributed by atoms with Crippen molar-refractivity contribution < 1.29 is 9.66 Å². The van der Waals surface area contributed by atoms with Gasteiger partial charge in [-0.3, -0.25) is 0 Å². The highest BCUT2D eigenvalue weighted by atomic mass is 16.6. The van der Waals surface area contributed by atoms with Crippen molar-refractivity contribution in [2.75, 3.05) is 19.0 Å². The highest BCUT2D eigenvalue weighted by Gasteiger charge is 2.21. The topological polar surface area (TPSA) is 86.3 Å². The molecule has 1 aromatic heterocycles. The summed E-state index contributed by atoms with van der Waals surface area (Å²) in [7, 11) is 5.35. The molecular formula is C11H13N5O3. The van der Waals surface area contributed by atoms with E-state index in [9.17, 15) is 10.1 Å². The molecule has 0 aliphatic carbocycles. The first kappa shape index (κ1) is 12.8. The summed E-state index contributed by atoms with van der Waals surface area (Å²) in [5.41, 5.74) is 0.953. The third-order valence-corrected chi connectivity index (χ3v) is 2.42. The molecule has 2 rings (SSSR count). The molecule has 0 N–H and O–H groups in total. The van der Waals surface area contributed by atoms with E-state index in [0.717, 1.165) is 5.69 Å². The predicted molar refractivity (Wildman–Crippen MR) is 68.5 cm³/mol. The Bertz CT molecular complexity index is 608. The fourth-order valence-corrected chi connectivity index (χ4v) is 1.45. The van der Waals surface area contributed by atoms with Gasteiger partial charge in [-0.15, -0.1) is 4.68 Å². The Kier molecular flexibility index (Phi) is 3.32. The molecule has 0 saturated carbocycles. The molecule has 1 heterocycles. The maximum atomic E-state index is 10.6. The van der Waals surface area contributed by atoms with Crippen LogP contribution in [0.15, 0.2) is 24.3 Å². The molecule has 0 spiro atoms. The zero-order chi connectivity index (χ0) is 14.0. The van der Waals surface area contributed by atoms with E-state index >= 15 is 0 Å². The van der Waals surface area contributed by atoms with Crippen LogP contribution in [0.1, 0.15) is 0 Å². The average molecular weight is 263 g/mol. The average Bonchev–Trinajstić information content (AvgIpc) is 2.71. The van der Waals surface area contributed by atoms with E-state index in [4.69, 9.17) is 4.74 Å². The number of anilines is 1. The van der Waals surface area contributed by atoms with Crippen molar-refractivity contribution in [2.45, 2.75) is 0 Å². The van der Waals surface area contributed by atoms with Gasteiger partial charge >= 0.3 is 12.0 Å². The molecule has 0 bridgehead atoms. The lowest BCUT2D eigenvalue weighted by molar-refractivity contribution is -0.394. The number of ether oxygens (including phenoxy) is 1. The minimum absolute atomic E-state index is 0.0719. The van der Waals surface area contributed by atoms with Crippen LogP contribution in [0.4, 0.5) is 11.6 Å². The van der Waals surface area contributed by atoms with E-state index in [0.29, 0.717) is 5.75 Å². The van der Waals surface area contributed by atoms with Crippen molar-refractivity contribution in [3.8, 4) is 11.8 Å². The van der Waals surface area contributed by atoms with Crippen LogP contribution in [0.25, 0.3) is 0 Å². The van der Waals surface area contributed by atoms with Crippen molar-refractivity contribution >= 4 is 11.6 Å². The van der Waals surface area contributed by atoms with Crippen LogP contribution in [0.2, 0.25) is 0 Å². The molecule has 0 unspecified atom stereocenters. The quantitative estimate of drug-likeness (QED) is 0.615. The maximum absolute atomic E-state index is 10.6. The molecule has 0 aliphatic rings. The summed E-state index contributed by atoms with van der Waals surface area (Å²) in [5.74, 6) is 0.0536. The highest BCUT2D eigenvalue weighted by Crippen LogP contribution is 2.24. The number of aryl methyl sites for hydroxylation is 1. The fraction of sp³-hybridized carbons (Fsp3) is 0.273. The number of nitro groups is 1. The summed E-state index contributed by atoms with van der Waals surface area (Å²) in [4.78, 5) is 15.5. The smallest absolute Gasteiger partial charge is 0.411 e. The highest BCUT2D eigenvalue weighted by molar-refractivity contribution is 5.49. The van der Waals surface area contributed by atoms with E-state index in [1.165, 1.54) is 11.7 Å². The third-order valence-electron chi connectivity index (χ3n) is 2.42. The van der Waals surface area contributed by atoms with Crippen LogP contribution in [0.5, 0.6) is 11.8 Å². The lowest BCUT2D eigenvalue weighted by Gasteiger charge is -2.12. The number of hydrogen-bond acceptors (Lipinski definition) is 6. The van der Waals surface area contributed by atoms with E-state index in [1.54, 1.807) is 12.1 Å². The second-order valence-corrected chi connectivity index (χ2v) is 4.07. The van der Waals surface area contributed by atoms with Crippen molar-refractivity contribution in [1.29, 1.82) is 0 Å². The number of hydrogen-bond donors (Lipinski definition) is 0. The van der Waals surface area contributed by atoms with Crippen molar-refractivity contribution in [1.82, 2.24) is 14.8 Å². The zero-order valence-electron chi connectivity index (χ0n) is 10.8. The molecule has 8 heteroatoms. The Labute approximate surface area is 109 Å². The number of aromatic nitrogens is 3. The Hall–Kier alpha value is -2.64. The first-order valence-corrected chi connectivity index (χ1v) is 5.48. The van der Waals surface area contributed by atoms with Gasteiger partial charge in [0.15, 0.2) is 0 Å². The van der Waals surface area contributed by atoms with Gasteiger partial charge in [-0.25, -0.2) is 0 Å². The van der Waals surface area contributed by atoms with Gasteiger partial charge < -0.3 is 19.8 Å². The molecule has 2 aromatic rings. The van der Waals surface area contributed by atoms with Crippen LogP contribution in [0.3, 0.4) is 0 Å². The van der Waals surface area contributed by atoms with Crippen LogP contribution >= 0.6 is 0 Å². The van der Waals surface area contributed by atoms with E-state index in [1.807, 2.05) is 31.1 Å². The first-order chi connectivity index (χ1) is 8.97. The first-order valence-electron chi connectivity index (χ1n) is 5.48. The molecular weight excluding hydrogens is 250 g/mol. The summed E-state index contributed by atoms with van der Waals surface area (Å²) in [6, 6.07) is 7.37. The van der Waals surface area contributed by atoms with Crippen LogP contribution < -0.4 is 9.64 Å². The Morgan fingerprint density at radius 3 is 2.74 bits per heavy atom. The van der Waals surface area contributed by atoms with E-state index in [-0.39, 0.29) is 6.01 Å². The molecule has 8 nitrogen and oxygen atoms in total. The van der Waals surface area contributed by atoms with E-state index < -0.39 is 10.9 Å². The van der Waals surface area contributed by atoms with E-state index in [2.05, 4.69) is 10.1 Å². The number of nitrogens with zero attached hydrogens (tertiary/aromatic N) is 5. The largest absolute Gasteiger partial charge is 0.494 e. The van der Waals surface area contributed by atoms with Gasteiger partial charge in [0.05, 0.1) is 7.05 Å². The molecule has 0 radical (unpaired) electrons. The van der Waals surface area contributed by atoms with Gasteiger partial charge in [-0.05, 0) is 22.0 Å². The van der Waals surface area contributed by atoms with Gasteiger partial charge in [0.2, 0.25) is 0 Å². The number of benzene rings is 1. The van der Waals surface area contributed by atoms with Gasteiger partial charge in [-0.1, -0.05) is 6.07 Å². The standard InChI is InChI=1S/C11H13N5O3/c1-14(2)8-5-4-6-9(7-8)19-11-12-10(16(17)18)13-15(11)3/h4-7H,1-3H3. The third kappa shape index (κ3) is 2.79. The molecule has 1 aromatic carbocycles. The minimum atomic E-state index is -0.664. The Morgan fingerprint density at radius 1 is 1.42 bits per heavy atom. The Morgan fingerprint density at radius 2 is 2.16 bits per heavy atom. The SMILES string of the molecule is CN(C)c1cccc(Oc2nc([N+](=O)[O-])nn2C)c1. The number of rotatable bonds is 4. The summed E-state index contributed by atoms with van der Waals surface area (Å²) in [6.07, 6.45) is 0. The monoisotopic (exact) mass is 263 g/mol. The summed E-state index contributed by atoms with van der Waals surface area (Å²) < 4.78 is 6.71. The maximum Gasteiger partial charge on any atom is 0.494 e. The van der Waals surface area contributed by atoms with Gasteiger partial charge in [0, 0.05) is 30.9 Å². The summed E-state index contributed by atoms with van der Waals surface area (Å²) in [5, 5.41) is 14.2. The molecule has 0 atom stereocenters. The van der Waals surface area contributed by atoms with Crippen molar-refractivity contribution in [2.24, 2.45) is 7.05 Å². The van der Waals surface area contributed by atoms with Crippen LogP contribution in [-0.2, 0) is 7.05 Å². The molecule has 100 valence electrons. The fourth-order valence-electron chi connectivity index (χ4n) is 1.45. The summed E-state index contributed by atoms with van der Waals surface area (Å²) >= 11 is 0. The van der Waals surface area contributed by atoms with Gasteiger partial charge in [0.1, 0.15) is 5.75 Å². The second kappa shape index (κ2) is 4.92. The molecule has 19 heavy (non-hydrogen) atoms. The second-order valence-electron chi connectivity index (χ2n) is 4.07. The molecule has 0 amide bonds. The zero-order valence-corrected chi connectivity index (χ0v) is 10.8. The Balaban J connectivity index is 2.26. The molecule has 0 saturated heterocycles. The van der Waals surface area contributed by atoms with Crippen molar-refractivity contribution in [3.63, 3.8) is 0 Å². The van der Waals surface area contributed by atoms with Crippen LogP contribution in [-0.4, -0.2) is 33.8 Å².